The fraction of sp³-hybridized carbons (Fsp3) is 0.304. The monoisotopic (exact) mass is 437 g/mol. The zero-order valence-electron chi connectivity index (χ0n) is 18.0. The van der Waals surface area contributed by atoms with Gasteiger partial charge in [0.25, 0.3) is 5.91 Å². The van der Waals surface area contributed by atoms with Gasteiger partial charge in [-0.15, -0.1) is 11.3 Å². The molecule has 2 amide bonds. The molecule has 162 valence electrons. The summed E-state index contributed by atoms with van der Waals surface area (Å²) in [7, 11) is 0. The minimum Gasteiger partial charge on any atom is -0.368 e. The van der Waals surface area contributed by atoms with Crippen molar-refractivity contribution < 1.29 is 9.59 Å². The van der Waals surface area contributed by atoms with Crippen molar-refractivity contribution in [2.75, 3.05) is 18.0 Å². The van der Waals surface area contributed by atoms with Gasteiger partial charge in [0, 0.05) is 19.5 Å². The highest BCUT2D eigenvalue weighted by Gasteiger charge is 2.25. The lowest BCUT2D eigenvalue weighted by Crippen LogP contribution is -2.45. The highest BCUT2D eigenvalue weighted by Crippen LogP contribution is 2.35. The first-order valence-corrected chi connectivity index (χ1v) is 10.9. The molecule has 3 rings (SSSR count). The highest BCUT2D eigenvalue weighted by atomic mass is 32.1. The van der Waals surface area contributed by atoms with Crippen LogP contribution in [0.3, 0.4) is 0 Å². The van der Waals surface area contributed by atoms with Crippen LogP contribution in [0.2, 0.25) is 0 Å². The van der Waals surface area contributed by atoms with Gasteiger partial charge in [-0.25, -0.2) is 9.97 Å². The molecule has 0 bridgehead atoms. The van der Waals surface area contributed by atoms with Crippen LogP contribution in [-0.4, -0.2) is 40.9 Å². The van der Waals surface area contributed by atoms with E-state index in [4.69, 9.17) is 5.73 Å². The van der Waals surface area contributed by atoms with E-state index in [0.29, 0.717) is 17.8 Å². The number of anilines is 1. The number of benzene rings is 1. The van der Waals surface area contributed by atoms with Gasteiger partial charge in [-0.3, -0.25) is 9.59 Å². The van der Waals surface area contributed by atoms with Crippen molar-refractivity contribution in [1.82, 2.24) is 15.3 Å². The van der Waals surface area contributed by atoms with Crippen LogP contribution in [0.25, 0.3) is 10.2 Å². The number of thiophene rings is 1. The minimum absolute atomic E-state index is 0.332. The van der Waals surface area contributed by atoms with E-state index in [1.807, 2.05) is 51.1 Å². The Kier molecular flexibility index (Phi) is 7.02. The summed E-state index contributed by atoms with van der Waals surface area (Å²) in [6.45, 7) is 11.3. The van der Waals surface area contributed by atoms with Crippen LogP contribution in [0.5, 0.6) is 0 Å². The number of aryl methyl sites for hydroxylation is 1. The molecular formula is C23H27N5O2S. The first kappa shape index (κ1) is 22.4. The molecule has 1 atom stereocenters. The molecule has 7 nitrogen and oxygen atoms in total. The summed E-state index contributed by atoms with van der Waals surface area (Å²) in [5, 5.41) is 3.65. The van der Waals surface area contributed by atoms with Crippen LogP contribution in [0.15, 0.2) is 48.8 Å². The van der Waals surface area contributed by atoms with Crippen LogP contribution in [0.1, 0.15) is 34.6 Å². The smallest absolute Gasteiger partial charge is 0.262 e. The standard InChI is InChI=1S/C23H27N5O2S/c1-5-28(12-14(2)3)21-18-15(4)19(31-23(18)26-13-25-21)22(30)27-17(20(24)29)11-16-9-7-6-8-10-16/h6-10,13,17H,2,5,11-12H2,1,3-4H3,(H2,24,29)(H,27,30)/t17-/m0/s1. The molecule has 2 aromatic heterocycles. The molecule has 31 heavy (non-hydrogen) atoms. The van der Waals surface area contributed by atoms with Gasteiger partial charge in [0.1, 0.15) is 23.0 Å². The SMILES string of the molecule is C=C(C)CN(CC)c1ncnc2sc(C(=O)N[C@@H](Cc3ccccc3)C(N)=O)c(C)c12. The largest absolute Gasteiger partial charge is 0.368 e. The quantitative estimate of drug-likeness (QED) is 0.501. The second-order valence-electron chi connectivity index (χ2n) is 7.52. The van der Waals surface area contributed by atoms with Gasteiger partial charge < -0.3 is 16.0 Å². The molecule has 0 aliphatic rings. The van der Waals surface area contributed by atoms with E-state index in [1.54, 1.807) is 0 Å². The average molecular weight is 438 g/mol. The summed E-state index contributed by atoms with van der Waals surface area (Å²) in [4.78, 5) is 37.3. The number of nitrogens with two attached hydrogens (primary N) is 1. The number of nitrogens with zero attached hydrogens (tertiary/aromatic N) is 3. The molecule has 0 fully saturated rings. The van der Waals surface area contributed by atoms with Crippen molar-refractivity contribution in [3.63, 3.8) is 0 Å². The number of carbonyl (C=O) groups is 2. The number of carbonyl (C=O) groups excluding carboxylic acids is 2. The van der Waals surface area contributed by atoms with E-state index in [1.165, 1.54) is 17.7 Å². The summed E-state index contributed by atoms with van der Waals surface area (Å²) in [5.41, 5.74) is 8.29. The predicted octanol–water partition coefficient (Wildman–Crippen LogP) is 3.23. The fourth-order valence-corrected chi connectivity index (χ4v) is 4.51. The maximum absolute atomic E-state index is 13.1. The summed E-state index contributed by atoms with van der Waals surface area (Å²) < 4.78 is 0. The maximum atomic E-state index is 13.1. The van der Waals surface area contributed by atoms with Gasteiger partial charge in [-0.1, -0.05) is 42.5 Å². The first-order chi connectivity index (χ1) is 14.8. The second-order valence-corrected chi connectivity index (χ2v) is 8.52. The predicted molar refractivity (Wildman–Crippen MR) is 125 cm³/mol. The van der Waals surface area contributed by atoms with Crippen LogP contribution in [0, 0.1) is 6.92 Å². The molecule has 0 spiro atoms. The van der Waals surface area contributed by atoms with Crippen molar-refractivity contribution in [2.24, 2.45) is 5.73 Å². The third kappa shape index (κ3) is 5.08. The topological polar surface area (TPSA) is 101 Å². The van der Waals surface area contributed by atoms with Crippen LogP contribution in [0.4, 0.5) is 5.82 Å². The second kappa shape index (κ2) is 9.70. The highest BCUT2D eigenvalue weighted by molar-refractivity contribution is 7.20. The van der Waals surface area contributed by atoms with Crippen LogP contribution >= 0.6 is 11.3 Å². The molecule has 8 heteroatoms. The molecule has 0 saturated carbocycles. The number of hydrogen-bond donors (Lipinski definition) is 2. The van der Waals surface area contributed by atoms with Crippen molar-refractivity contribution in [1.29, 1.82) is 0 Å². The Labute approximate surface area is 186 Å². The Balaban J connectivity index is 1.92. The number of rotatable bonds is 9. The number of hydrogen-bond acceptors (Lipinski definition) is 6. The lowest BCUT2D eigenvalue weighted by atomic mass is 10.1. The number of fused-ring (bicyclic) bond motifs is 1. The Morgan fingerprint density at radius 1 is 1.26 bits per heavy atom. The van der Waals surface area contributed by atoms with Gasteiger partial charge in [0.05, 0.1) is 10.3 Å². The lowest BCUT2D eigenvalue weighted by molar-refractivity contribution is -0.119. The Hall–Kier alpha value is -3.26. The molecule has 1 aromatic carbocycles. The third-order valence-corrected chi connectivity index (χ3v) is 6.19. The van der Waals surface area contributed by atoms with Crippen molar-refractivity contribution in [2.45, 2.75) is 33.2 Å². The van der Waals surface area contributed by atoms with Gasteiger partial charge >= 0.3 is 0 Å². The molecule has 0 unspecified atom stereocenters. The van der Waals surface area contributed by atoms with E-state index in [9.17, 15) is 9.59 Å². The fourth-order valence-electron chi connectivity index (χ4n) is 3.47. The summed E-state index contributed by atoms with van der Waals surface area (Å²) in [6.07, 6.45) is 1.84. The summed E-state index contributed by atoms with van der Waals surface area (Å²) >= 11 is 1.29. The van der Waals surface area contributed by atoms with Gasteiger partial charge in [-0.05, 0) is 31.9 Å². The molecule has 2 heterocycles. The zero-order valence-corrected chi connectivity index (χ0v) is 18.8. The van der Waals surface area contributed by atoms with Crippen molar-refractivity contribution >= 4 is 39.2 Å². The first-order valence-electron chi connectivity index (χ1n) is 10.1. The number of nitrogens with one attached hydrogen (secondary N) is 1. The van der Waals surface area contributed by atoms with Crippen molar-refractivity contribution in [3.8, 4) is 0 Å². The Morgan fingerprint density at radius 3 is 2.58 bits per heavy atom. The van der Waals surface area contributed by atoms with Crippen LogP contribution < -0.4 is 16.0 Å². The van der Waals surface area contributed by atoms with E-state index in [0.717, 1.165) is 39.3 Å². The molecule has 0 saturated heterocycles. The van der Waals surface area contributed by atoms with E-state index < -0.39 is 11.9 Å². The number of primary amides is 1. The third-order valence-electron chi connectivity index (χ3n) is 4.99. The van der Waals surface area contributed by atoms with E-state index >= 15 is 0 Å². The lowest BCUT2D eigenvalue weighted by Gasteiger charge is -2.22. The molecular weight excluding hydrogens is 410 g/mol. The number of aromatic nitrogens is 2. The van der Waals surface area contributed by atoms with E-state index in [-0.39, 0.29) is 5.91 Å². The van der Waals surface area contributed by atoms with Gasteiger partial charge in [0.2, 0.25) is 5.91 Å². The molecule has 0 aliphatic carbocycles. The maximum Gasteiger partial charge on any atom is 0.262 e. The Bertz CT molecular complexity index is 1110. The molecule has 0 radical (unpaired) electrons. The zero-order chi connectivity index (χ0) is 22.5. The molecule has 0 aliphatic heterocycles. The number of amides is 2. The molecule has 3 N–H and O–H groups in total. The van der Waals surface area contributed by atoms with Gasteiger partial charge in [-0.2, -0.15) is 0 Å². The average Bonchev–Trinajstić information content (AvgIpc) is 3.09. The number of likely N-dealkylation sites (N-methyl/N-ethyl adjacent to an activating group) is 1. The van der Waals surface area contributed by atoms with Crippen molar-refractivity contribution in [3.05, 3.63) is 64.8 Å². The summed E-state index contributed by atoms with van der Waals surface area (Å²) in [5.74, 6) is -0.136. The Morgan fingerprint density at radius 2 is 1.97 bits per heavy atom. The van der Waals surface area contributed by atoms with Crippen LogP contribution in [-0.2, 0) is 11.2 Å². The molecule has 3 aromatic rings. The van der Waals surface area contributed by atoms with Gasteiger partial charge in [0.15, 0.2) is 0 Å². The minimum atomic E-state index is -0.805. The summed E-state index contributed by atoms with van der Waals surface area (Å²) in [6, 6.07) is 8.66. The van der Waals surface area contributed by atoms with E-state index in [2.05, 4.69) is 26.8 Å². The normalized spacial score (nSPS) is 11.8.